The number of ketones is 1. The predicted molar refractivity (Wildman–Crippen MR) is 111 cm³/mol. The van der Waals surface area contributed by atoms with E-state index in [2.05, 4.69) is 26.8 Å². The third kappa shape index (κ3) is 3.66. The van der Waals surface area contributed by atoms with E-state index in [-0.39, 0.29) is 11.2 Å². The standard InChI is InChI=1S/C23H26ClNO2/c1-7-19(26)23(5,6)20-13-18-21(27-20)16(22(2,3)4)12-17(25-18)14-8-10-15(24)11-9-14/h8-13H,7H2,1-6H3. The highest BCUT2D eigenvalue weighted by molar-refractivity contribution is 6.30. The maximum Gasteiger partial charge on any atom is 0.156 e. The van der Waals surface area contributed by atoms with Crippen molar-refractivity contribution < 1.29 is 9.21 Å². The second kappa shape index (κ2) is 6.79. The van der Waals surface area contributed by atoms with Crippen molar-refractivity contribution in [2.24, 2.45) is 0 Å². The summed E-state index contributed by atoms with van der Waals surface area (Å²) in [6, 6.07) is 11.7. The van der Waals surface area contributed by atoms with Crippen LogP contribution in [0.25, 0.3) is 22.4 Å². The van der Waals surface area contributed by atoms with Crippen molar-refractivity contribution in [1.29, 1.82) is 0 Å². The van der Waals surface area contributed by atoms with Crippen LogP contribution in [-0.2, 0) is 15.6 Å². The molecule has 142 valence electrons. The predicted octanol–water partition coefficient (Wildman–Crippen LogP) is 6.70. The Labute approximate surface area is 165 Å². The zero-order valence-electron chi connectivity index (χ0n) is 16.8. The quantitative estimate of drug-likeness (QED) is 0.503. The van der Waals surface area contributed by atoms with Crippen LogP contribution in [0.3, 0.4) is 0 Å². The number of nitrogens with zero attached hydrogens (tertiary/aromatic N) is 1. The van der Waals surface area contributed by atoms with Crippen LogP contribution in [0.4, 0.5) is 0 Å². The topological polar surface area (TPSA) is 43.1 Å². The lowest BCUT2D eigenvalue weighted by Crippen LogP contribution is -2.27. The fraction of sp³-hybridized carbons (Fsp3) is 0.391. The van der Waals surface area contributed by atoms with E-state index < -0.39 is 5.41 Å². The molecule has 4 heteroatoms. The highest BCUT2D eigenvalue weighted by atomic mass is 35.5. The molecule has 0 N–H and O–H groups in total. The number of carbonyl (C=O) groups excluding carboxylic acids is 1. The zero-order valence-corrected chi connectivity index (χ0v) is 17.6. The van der Waals surface area contributed by atoms with Crippen molar-refractivity contribution in [2.45, 2.75) is 58.8 Å². The molecular formula is C23H26ClNO2. The second-order valence-electron chi connectivity index (χ2n) is 8.54. The van der Waals surface area contributed by atoms with Crippen LogP contribution >= 0.6 is 11.6 Å². The molecule has 0 atom stereocenters. The van der Waals surface area contributed by atoms with Gasteiger partial charge in [-0.15, -0.1) is 0 Å². The van der Waals surface area contributed by atoms with E-state index in [0.29, 0.717) is 17.2 Å². The molecule has 0 aliphatic heterocycles. The monoisotopic (exact) mass is 383 g/mol. The number of halogens is 1. The highest BCUT2D eigenvalue weighted by Crippen LogP contribution is 2.38. The molecule has 0 radical (unpaired) electrons. The molecule has 0 spiro atoms. The van der Waals surface area contributed by atoms with Crippen molar-refractivity contribution in [3.8, 4) is 11.3 Å². The number of hydrogen-bond acceptors (Lipinski definition) is 3. The van der Waals surface area contributed by atoms with Gasteiger partial charge in [-0.05, 0) is 37.5 Å². The summed E-state index contributed by atoms with van der Waals surface area (Å²) in [4.78, 5) is 17.2. The first kappa shape index (κ1) is 19.6. The van der Waals surface area contributed by atoms with Gasteiger partial charge in [0, 0.05) is 28.6 Å². The van der Waals surface area contributed by atoms with Crippen LogP contribution in [0.15, 0.2) is 40.8 Å². The Hall–Kier alpha value is -2.13. The van der Waals surface area contributed by atoms with E-state index in [1.807, 2.05) is 51.1 Å². The second-order valence-corrected chi connectivity index (χ2v) is 8.98. The van der Waals surface area contributed by atoms with Crippen molar-refractivity contribution >= 4 is 28.5 Å². The van der Waals surface area contributed by atoms with Crippen molar-refractivity contribution in [2.75, 3.05) is 0 Å². The maximum absolute atomic E-state index is 12.4. The molecule has 27 heavy (non-hydrogen) atoms. The lowest BCUT2D eigenvalue weighted by atomic mass is 9.84. The average Bonchev–Trinajstić information content (AvgIpc) is 3.04. The molecule has 3 rings (SSSR count). The molecule has 3 aromatic rings. The van der Waals surface area contributed by atoms with Crippen LogP contribution in [0, 0.1) is 0 Å². The number of furan rings is 1. The van der Waals surface area contributed by atoms with E-state index >= 15 is 0 Å². The van der Waals surface area contributed by atoms with Gasteiger partial charge in [0.2, 0.25) is 0 Å². The first-order chi connectivity index (χ1) is 12.5. The Morgan fingerprint density at radius 2 is 1.70 bits per heavy atom. The number of fused-ring (bicyclic) bond motifs is 1. The van der Waals surface area contributed by atoms with Crippen LogP contribution in [-0.4, -0.2) is 10.8 Å². The van der Waals surface area contributed by atoms with E-state index in [1.165, 1.54) is 0 Å². The number of rotatable bonds is 4. The smallest absolute Gasteiger partial charge is 0.156 e. The van der Waals surface area contributed by atoms with Gasteiger partial charge in [0.25, 0.3) is 0 Å². The van der Waals surface area contributed by atoms with Gasteiger partial charge >= 0.3 is 0 Å². The first-order valence-electron chi connectivity index (χ1n) is 9.29. The fourth-order valence-corrected chi connectivity index (χ4v) is 3.36. The molecular weight excluding hydrogens is 358 g/mol. The zero-order chi connectivity index (χ0) is 20.0. The number of benzene rings is 1. The molecule has 0 saturated carbocycles. The summed E-state index contributed by atoms with van der Waals surface area (Å²) < 4.78 is 6.22. The highest BCUT2D eigenvalue weighted by Gasteiger charge is 2.33. The van der Waals surface area contributed by atoms with E-state index in [1.54, 1.807) is 0 Å². The molecule has 2 heterocycles. The van der Waals surface area contributed by atoms with Gasteiger partial charge in [-0.25, -0.2) is 4.98 Å². The molecule has 0 saturated heterocycles. The minimum atomic E-state index is -0.676. The Bertz CT molecular complexity index is 992. The molecule has 3 nitrogen and oxygen atoms in total. The van der Waals surface area contributed by atoms with Gasteiger partial charge < -0.3 is 4.42 Å². The van der Waals surface area contributed by atoms with Gasteiger partial charge in [0.05, 0.1) is 11.1 Å². The fourth-order valence-electron chi connectivity index (χ4n) is 3.23. The normalized spacial score (nSPS) is 12.6. The van der Waals surface area contributed by atoms with E-state index in [0.717, 1.165) is 27.9 Å². The summed E-state index contributed by atoms with van der Waals surface area (Å²) >= 11 is 6.03. The van der Waals surface area contributed by atoms with Crippen molar-refractivity contribution in [3.63, 3.8) is 0 Å². The SMILES string of the molecule is CCC(=O)C(C)(C)c1cc2nc(-c3ccc(Cl)cc3)cc(C(C)(C)C)c2o1. The molecule has 0 aliphatic carbocycles. The third-order valence-electron chi connectivity index (χ3n) is 5.06. The minimum absolute atomic E-state index is 0.129. The average molecular weight is 384 g/mol. The molecule has 1 aromatic carbocycles. The number of pyridine rings is 1. The van der Waals surface area contributed by atoms with Gasteiger partial charge in [0.15, 0.2) is 5.58 Å². The van der Waals surface area contributed by atoms with Gasteiger partial charge in [-0.2, -0.15) is 0 Å². The Morgan fingerprint density at radius 3 is 2.26 bits per heavy atom. The first-order valence-corrected chi connectivity index (χ1v) is 9.66. The van der Waals surface area contributed by atoms with E-state index in [9.17, 15) is 4.79 Å². The summed E-state index contributed by atoms with van der Waals surface area (Å²) in [5.41, 5.74) is 3.67. The van der Waals surface area contributed by atoms with Gasteiger partial charge in [-0.3, -0.25) is 4.79 Å². The Kier molecular flexibility index (Phi) is 4.94. The number of hydrogen-bond donors (Lipinski definition) is 0. The molecule has 0 amide bonds. The molecule has 0 fully saturated rings. The maximum atomic E-state index is 12.4. The van der Waals surface area contributed by atoms with Crippen LogP contribution in [0.5, 0.6) is 0 Å². The Morgan fingerprint density at radius 1 is 1.07 bits per heavy atom. The summed E-state index contributed by atoms with van der Waals surface area (Å²) in [6.07, 6.45) is 0.472. The largest absolute Gasteiger partial charge is 0.458 e. The number of aromatic nitrogens is 1. The van der Waals surface area contributed by atoms with Crippen molar-refractivity contribution in [1.82, 2.24) is 4.98 Å². The van der Waals surface area contributed by atoms with Gasteiger partial charge in [0.1, 0.15) is 17.1 Å². The number of Topliss-reactive ketones (excluding diaryl/α,β-unsaturated/α-hetero) is 1. The molecule has 0 aliphatic rings. The van der Waals surface area contributed by atoms with Crippen LogP contribution in [0.2, 0.25) is 5.02 Å². The summed E-state index contributed by atoms with van der Waals surface area (Å²) in [5, 5.41) is 0.696. The summed E-state index contributed by atoms with van der Waals surface area (Å²) in [7, 11) is 0. The molecule has 0 unspecified atom stereocenters. The lowest BCUT2D eigenvalue weighted by molar-refractivity contribution is -0.123. The summed E-state index contributed by atoms with van der Waals surface area (Å²) in [5.74, 6) is 0.812. The minimum Gasteiger partial charge on any atom is -0.458 e. The van der Waals surface area contributed by atoms with Crippen molar-refractivity contribution in [3.05, 3.63) is 52.7 Å². The lowest BCUT2D eigenvalue weighted by Gasteiger charge is -2.21. The molecule has 2 aromatic heterocycles. The van der Waals surface area contributed by atoms with Gasteiger partial charge in [-0.1, -0.05) is 51.4 Å². The molecule has 0 bridgehead atoms. The third-order valence-corrected chi connectivity index (χ3v) is 5.31. The van der Waals surface area contributed by atoms with E-state index in [4.69, 9.17) is 21.0 Å². The summed E-state index contributed by atoms with van der Waals surface area (Å²) in [6.45, 7) is 12.2. The number of carbonyl (C=O) groups is 1. The van der Waals surface area contributed by atoms with Crippen LogP contribution < -0.4 is 0 Å². The Balaban J connectivity index is 2.25. The van der Waals surface area contributed by atoms with Crippen LogP contribution in [0.1, 0.15) is 59.3 Å².